The number of nitrogen functional groups attached to an aromatic ring is 1. The van der Waals surface area contributed by atoms with Crippen molar-refractivity contribution in [1.82, 2.24) is 29.9 Å². The summed E-state index contributed by atoms with van der Waals surface area (Å²) < 4.78 is 1.90. The number of hydrogen-bond acceptors (Lipinski definition) is 6. The molecule has 0 aliphatic heterocycles. The minimum atomic E-state index is 0.124. The molecular formula is C21H22N8. The molecule has 1 aromatic carbocycles. The van der Waals surface area contributed by atoms with E-state index in [1.54, 1.807) is 6.20 Å². The molecule has 0 spiro atoms. The summed E-state index contributed by atoms with van der Waals surface area (Å²) in [6.07, 6.45) is 6.99. The Bertz CT molecular complexity index is 1260. The predicted molar refractivity (Wildman–Crippen MR) is 115 cm³/mol. The lowest BCUT2D eigenvalue weighted by Gasteiger charge is -2.08. The van der Waals surface area contributed by atoms with E-state index < -0.39 is 0 Å². The fraction of sp³-hybridized carbons (Fsp3) is 0.238. The van der Waals surface area contributed by atoms with Gasteiger partial charge in [-0.05, 0) is 44.4 Å². The Labute approximate surface area is 167 Å². The number of rotatable bonds is 4. The maximum Gasteiger partial charge on any atom is 0.231 e. The predicted octanol–water partition coefficient (Wildman–Crippen LogP) is 4.00. The van der Waals surface area contributed by atoms with Crippen LogP contribution < -0.4 is 11.1 Å². The first kappa shape index (κ1) is 17.4. The van der Waals surface area contributed by atoms with Crippen LogP contribution in [0.5, 0.6) is 0 Å². The quantitative estimate of drug-likeness (QED) is 0.489. The smallest absolute Gasteiger partial charge is 0.231 e. The summed E-state index contributed by atoms with van der Waals surface area (Å²) >= 11 is 0. The molecule has 3 aromatic heterocycles. The third kappa shape index (κ3) is 2.84. The molecule has 8 nitrogen and oxygen atoms in total. The summed E-state index contributed by atoms with van der Waals surface area (Å²) in [5.74, 6) is 0.821. The Hall–Kier alpha value is -3.68. The van der Waals surface area contributed by atoms with Gasteiger partial charge in [-0.3, -0.25) is 5.10 Å². The summed E-state index contributed by atoms with van der Waals surface area (Å²) in [6.45, 7) is 6.08. The molecule has 5 rings (SSSR count). The van der Waals surface area contributed by atoms with Gasteiger partial charge in [-0.15, -0.1) is 0 Å². The number of hydrogen-bond donors (Lipinski definition) is 3. The molecule has 3 heterocycles. The summed E-state index contributed by atoms with van der Waals surface area (Å²) in [6, 6.07) is 6.53. The number of aryl methyl sites for hydroxylation is 1. The number of nitrogens with two attached hydrogens (primary N) is 1. The summed E-state index contributed by atoms with van der Waals surface area (Å²) in [7, 11) is 0. The molecule has 0 radical (unpaired) electrons. The van der Waals surface area contributed by atoms with Crippen molar-refractivity contribution in [3.8, 4) is 11.3 Å². The van der Waals surface area contributed by atoms with Gasteiger partial charge in [0.1, 0.15) is 11.5 Å². The van der Waals surface area contributed by atoms with E-state index >= 15 is 0 Å². The zero-order chi connectivity index (χ0) is 20.1. The topological polar surface area (TPSA) is 110 Å². The van der Waals surface area contributed by atoms with E-state index in [0.29, 0.717) is 17.4 Å². The Balaban J connectivity index is 1.68. The molecule has 1 aliphatic carbocycles. The van der Waals surface area contributed by atoms with Crippen LogP contribution in [0.4, 0.5) is 17.5 Å². The van der Waals surface area contributed by atoms with Crippen molar-refractivity contribution in [2.45, 2.75) is 33.2 Å². The van der Waals surface area contributed by atoms with Crippen LogP contribution in [0.3, 0.4) is 0 Å². The molecule has 8 heteroatoms. The molecule has 0 saturated carbocycles. The lowest BCUT2D eigenvalue weighted by atomic mass is 10.0. The number of nitrogens with one attached hydrogen (secondary N) is 2. The van der Waals surface area contributed by atoms with E-state index in [0.717, 1.165) is 34.4 Å². The summed E-state index contributed by atoms with van der Waals surface area (Å²) in [5, 5.41) is 15.7. The van der Waals surface area contributed by atoms with Gasteiger partial charge in [0.25, 0.3) is 0 Å². The van der Waals surface area contributed by atoms with Crippen molar-refractivity contribution in [3.05, 3.63) is 47.3 Å². The molecule has 4 aromatic rings. The van der Waals surface area contributed by atoms with Gasteiger partial charge in [-0.2, -0.15) is 20.2 Å². The number of fused-ring (bicyclic) bond motifs is 2. The second-order valence-corrected chi connectivity index (χ2v) is 7.57. The van der Waals surface area contributed by atoms with Crippen LogP contribution in [0.2, 0.25) is 0 Å². The highest BCUT2D eigenvalue weighted by molar-refractivity contribution is 5.99. The first-order valence-corrected chi connectivity index (χ1v) is 9.64. The lowest BCUT2D eigenvalue weighted by Crippen LogP contribution is -2.06. The van der Waals surface area contributed by atoms with Gasteiger partial charge in [-0.1, -0.05) is 24.3 Å². The minimum Gasteiger partial charge on any atom is -0.383 e. The number of aromatic nitrogens is 6. The third-order valence-corrected chi connectivity index (χ3v) is 5.20. The monoisotopic (exact) mass is 386 g/mol. The standard InChI is InChI=1S/C21H22N8/c1-11(2)29-20-17(18(28-29)15-8-7-13-5-4-6-14(13)9-15)19(22)25-21(26-20)24-16-10-23-27-12(16)3/h4,6-11H,5H2,1-3H3,(H,23,27)(H3,22,24,25,26). The molecule has 29 heavy (non-hydrogen) atoms. The van der Waals surface area contributed by atoms with Gasteiger partial charge in [-0.25, -0.2) is 4.68 Å². The lowest BCUT2D eigenvalue weighted by molar-refractivity contribution is 0.548. The number of nitrogens with zero attached hydrogens (tertiary/aromatic N) is 5. The SMILES string of the molecule is Cc1[nH]ncc1Nc1nc(N)c2c(-c3ccc4c(c3)C=CC4)nn(C(C)C)c2n1. The van der Waals surface area contributed by atoms with Gasteiger partial charge in [0.2, 0.25) is 5.95 Å². The van der Waals surface area contributed by atoms with E-state index in [4.69, 9.17) is 15.8 Å². The van der Waals surface area contributed by atoms with Gasteiger partial charge in [0.05, 0.1) is 23.0 Å². The molecule has 1 aliphatic rings. The molecule has 0 bridgehead atoms. The highest BCUT2D eigenvalue weighted by atomic mass is 15.3. The Kier molecular flexibility index (Phi) is 3.87. The summed E-state index contributed by atoms with van der Waals surface area (Å²) in [5.41, 5.74) is 13.2. The normalized spacial score (nSPS) is 12.8. The molecule has 4 N–H and O–H groups in total. The van der Waals surface area contributed by atoms with Crippen LogP contribution in [0, 0.1) is 6.92 Å². The van der Waals surface area contributed by atoms with Gasteiger partial charge >= 0.3 is 0 Å². The fourth-order valence-corrected chi connectivity index (χ4v) is 3.68. The first-order chi connectivity index (χ1) is 14.0. The number of aromatic amines is 1. The van der Waals surface area contributed by atoms with E-state index in [1.807, 2.05) is 11.6 Å². The molecule has 0 atom stereocenters. The fourth-order valence-electron chi connectivity index (χ4n) is 3.68. The van der Waals surface area contributed by atoms with Crippen molar-refractivity contribution in [2.75, 3.05) is 11.1 Å². The highest BCUT2D eigenvalue weighted by Gasteiger charge is 2.21. The minimum absolute atomic E-state index is 0.124. The largest absolute Gasteiger partial charge is 0.383 e. The van der Waals surface area contributed by atoms with Gasteiger partial charge < -0.3 is 11.1 Å². The van der Waals surface area contributed by atoms with E-state index in [9.17, 15) is 0 Å². The maximum atomic E-state index is 6.41. The van der Waals surface area contributed by atoms with Crippen molar-refractivity contribution >= 4 is 34.6 Å². The van der Waals surface area contributed by atoms with E-state index in [1.165, 1.54) is 11.1 Å². The zero-order valence-electron chi connectivity index (χ0n) is 16.6. The molecule has 0 unspecified atom stereocenters. The van der Waals surface area contributed by atoms with Crippen molar-refractivity contribution in [1.29, 1.82) is 0 Å². The van der Waals surface area contributed by atoms with E-state index in [2.05, 4.69) is 64.7 Å². The second-order valence-electron chi connectivity index (χ2n) is 7.57. The van der Waals surface area contributed by atoms with Crippen LogP contribution in [-0.2, 0) is 6.42 Å². The van der Waals surface area contributed by atoms with Crippen LogP contribution in [0.15, 0.2) is 30.5 Å². The van der Waals surface area contributed by atoms with Crippen molar-refractivity contribution in [3.63, 3.8) is 0 Å². The average molecular weight is 386 g/mol. The molecule has 146 valence electrons. The van der Waals surface area contributed by atoms with Gasteiger partial charge in [0, 0.05) is 11.6 Å². The average Bonchev–Trinajstić information content (AvgIpc) is 3.40. The van der Waals surface area contributed by atoms with Crippen LogP contribution >= 0.6 is 0 Å². The second kappa shape index (κ2) is 6.44. The molecule has 0 fully saturated rings. The number of benzene rings is 1. The Morgan fingerprint density at radius 2 is 2.10 bits per heavy atom. The van der Waals surface area contributed by atoms with Crippen LogP contribution in [0.25, 0.3) is 28.4 Å². The first-order valence-electron chi connectivity index (χ1n) is 9.64. The van der Waals surface area contributed by atoms with E-state index in [-0.39, 0.29) is 6.04 Å². The van der Waals surface area contributed by atoms with Crippen LogP contribution in [0.1, 0.15) is 36.7 Å². The van der Waals surface area contributed by atoms with Crippen LogP contribution in [-0.4, -0.2) is 29.9 Å². The van der Waals surface area contributed by atoms with Crippen molar-refractivity contribution in [2.24, 2.45) is 0 Å². The Morgan fingerprint density at radius 3 is 2.86 bits per heavy atom. The third-order valence-electron chi connectivity index (χ3n) is 5.20. The zero-order valence-corrected chi connectivity index (χ0v) is 16.6. The number of anilines is 3. The number of allylic oxidation sites excluding steroid dienone is 1. The van der Waals surface area contributed by atoms with Crippen molar-refractivity contribution < 1.29 is 0 Å². The summed E-state index contributed by atoms with van der Waals surface area (Å²) in [4.78, 5) is 9.23. The molecule has 0 saturated heterocycles. The van der Waals surface area contributed by atoms with Gasteiger partial charge in [0.15, 0.2) is 5.65 Å². The molecular weight excluding hydrogens is 364 g/mol. The Morgan fingerprint density at radius 1 is 1.24 bits per heavy atom. The number of H-pyrrole nitrogens is 1. The molecule has 0 amide bonds. The highest BCUT2D eigenvalue weighted by Crippen LogP contribution is 2.35. The maximum absolute atomic E-state index is 6.41.